The summed E-state index contributed by atoms with van der Waals surface area (Å²) in [6.07, 6.45) is 29.8. The first-order valence-corrected chi connectivity index (χ1v) is 29.6. The summed E-state index contributed by atoms with van der Waals surface area (Å²) >= 11 is 0. The zero-order valence-corrected chi connectivity index (χ0v) is 50.0. The van der Waals surface area contributed by atoms with Gasteiger partial charge in [-0.05, 0) is 177 Å². The van der Waals surface area contributed by atoms with E-state index in [-0.39, 0.29) is 27.6 Å². The Kier molecular flexibility index (Phi) is 36.4. The maximum absolute atomic E-state index is 11.0. The predicted molar refractivity (Wildman–Crippen MR) is 314 cm³/mol. The van der Waals surface area contributed by atoms with Gasteiger partial charge in [-0.25, -0.2) is 0 Å². The smallest absolute Gasteiger partial charge is 0.545 e. The van der Waals surface area contributed by atoms with Crippen LogP contribution < -0.4 is 10.2 Å². The maximum atomic E-state index is 11.0. The van der Waals surface area contributed by atoms with Crippen molar-refractivity contribution in [3.63, 3.8) is 0 Å². The van der Waals surface area contributed by atoms with E-state index in [2.05, 4.69) is 77.9 Å². The number of rotatable bonds is 33. The van der Waals surface area contributed by atoms with Crippen molar-refractivity contribution in [3.05, 3.63) is 104 Å². The Balaban J connectivity index is 0.000000691. The van der Waals surface area contributed by atoms with Crippen molar-refractivity contribution in [2.24, 2.45) is 9.98 Å². The second-order valence-electron chi connectivity index (χ2n) is 20.5. The van der Waals surface area contributed by atoms with Crippen LogP contribution in [0.3, 0.4) is 0 Å². The molecule has 11 heteroatoms. The molecule has 10 nitrogen and oxygen atoms in total. The minimum absolute atomic E-state index is 0. The third-order valence-corrected chi connectivity index (χ3v) is 13.7. The molecule has 0 heterocycles. The molecule has 4 N–H and O–H groups in total. The largest absolute Gasteiger partial charge is 2.00 e. The SMILES string of the molecule is CCCCCc1cc(CCCCC)cc(N=C(CC)C(CCCC)=Nc2cc(CCCCC)cc(CCCCC)c2)c1.CCCc1cc(O)c(O)c(C(=O)[O-])c1CCC.CCCc1cc(O)c(O)c(C(=O)[O-])c1CCC.[Ni+2]. The molecular weight excluding hydrogens is 1010 g/mol. The Morgan fingerprint density at radius 2 is 0.701 bits per heavy atom. The molecule has 4 rings (SSSR count). The third-order valence-electron chi connectivity index (χ3n) is 13.7. The summed E-state index contributed by atoms with van der Waals surface area (Å²) in [7, 11) is 0. The topological polar surface area (TPSA) is 186 Å². The minimum Gasteiger partial charge on any atom is -0.545 e. The summed E-state index contributed by atoms with van der Waals surface area (Å²) in [6, 6.07) is 17.2. The van der Waals surface area contributed by atoms with Crippen molar-refractivity contribution in [1.29, 1.82) is 0 Å². The van der Waals surface area contributed by atoms with Crippen molar-refractivity contribution in [2.75, 3.05) is 0 Å². The zero-order chi connectivity index (χ0) is 56.4. The number of hydrogen-bond acceptors (Lipinski definition) is 10. The molecule has 430 valence electrons. The van der Waals surface area contributed by atoms with Crippen LogP contribution in [0, 0.1) is 0 Å². The van der Waals surface area contributed by atoms with Crippen LogP contribution in [0.25, 0.3) is 0 Å². The predicted octanol–water partition coefficient (Wildman–Crippen LogP) is 15.8. The summed E-state index contributed by atoms with van der Waals surface area (Å²) in [4.78, 5) is 32.8. The molecule has 0 saturated carbocycles. The molecule has 4 aromatic carbocycles. The van der Waals surface area contributed by atoms with E-state index in [0.29, 0.717) is 36.8 Å². The Labute approximate surface area is 475 Å². The van der Waals surface area contributed by atoms with Gasteiger partial charge in [0.15, 0.2) is 23.0 Å². The summed E-state index contributed by atoms with van der Waals surface area (Å²) < 4.78 is 0. The van der Waals surface area contributed by atoms with Gasteiger partial charge in [0.25, 0.3) is 0 Å². The van der Waals surface area contributed by atoms with Gasteiger partial charge in [-0.1, -0.05) is 165 Å². The van der Waals surface area contributed by atoms with Crippen LogP contribution in [0.1, 0.15) is 263 Å². The van der Waals surface area contributed by atoms with Crippen LogP contribution in [-0.4, -0.2) is 43.8 Å². The van der Waals surface area contributed by atoms with E-state index in [9.17, 15) is 40.2 Å². The number of benzene rings is 4. The molecule has 0 aliphatic rings. The normalized spacial score (nSPS) is 11.4. The molecule has 0 saturated heterocycles. The second kappa shape index (κ2) is 40.1. The number of aliphatic imine (C=N–C) groups is 2. The van der Waals surface area contributed by atoms with E-state index in [4.69, 9.17) is 9.98 Å². The van der Waals surface area contributed by atoms with Crippen molar-refractivity contribution in [2.45, 2.75) is 249 Å². The minimum atomic E-state index is -1.45. The monoisotopic (exact) mass is 1100 g/mol. The third kappa shape index (κ3) is 24.6. The van der Waals surface area contributed by atoms with Crippen LogP contribution in [-0.2, 0) is 67.9 Å². The number of carbonyl (C=O) groups excluding carboxylic acids is 2. The summed E-state index contributed by atoms with van der Waals surface area (Å²) in [5, 5.41) is 60.3. The Bertz CT molecular complexity index is 2290. The summed E-state index contributed by atoms with van der Waals surface area (Å²) in [6.45, 7) is 21.5. The van der Waals surface area contributed by atoms with E-state index in [1.54, 1.807) is 0 Å². The number of aromatic carboxylic acids is 2. The second-order valence-corrected chi connectivity index (χ2v) is 20.5. The van der Waals surface area contributed by atoms with Gasteiger partial charge in [0.05, 0.1) is 34.7 Å². The van der Waals surface area contributed by atoms with Crippen LogP contribution in [0.15, 0.2) is 58.5 Å². The van der Waals surface area contributed by atoms with Crippen LogP contribution in [0.4, 0.5) is 11.4 Å². The van der Waals surface area contributed by atoms with Crippen LogP contribution >= 0.6 is 0 Å². The number of carboxylic acid groups (broad SMARTS) is 2. The van der Waals surface area contributed by atoms with Gasteiger partial charge in [-0.2, -0.15) is 0 Å². The van der Waals surface area contributed by atoms with Gasteiger partial charge in [-0.15, -0.1) is 0 Å². The molecule has 0 spiro atoms. The average molecular weight is 1110 g/mol. The number of aryl methyl sites for hydroxylation is 6. The number of unbranched alkanes of at least 4 members (excludes halogenated alkanes) is 9. The standard InChI is InChI=1S/C40H64N2.2C13H18O4.Ni/c1-7-13-18-22-33-27-34(23-19-14-8-2)30-37(29-33)41-39(12-6)40(26-17-11-5)42-38-31-35(24-20-15-9-3)28-36(32-38)25-21-16-10-4;2*1-3-5-8-7-10(14)12(15)11(13(16)17)9(8)6-4-2;/h27-32H,7-26H2,1-6H3;2*7,14-15H,3-6H2,1-2H3,(H,16,17);/q;;;+2/p-2. The fourth-order valence-corrected chi connectivity index (χ4v) is 9.78. The van der Waals surface area contributed by atoms with Gasteiger partial charge in [0, 0.05) is 11.1 Å². The molecule has 0 amide bonds. The molecule has 0 aromatic heterocycles. The van der Waals surface area contributed by atoms with Crippen molar-refractivity contribution in [3.8, 4) is 23.0 Å². The molecule has 77 heavy (non-hydrogen) atoms. The van der Waals surface area contributed by atoms with E-state index < -0.39 is 34.9 Å². The number of phenols is 4. The van der Waals surface area contributed by atoms with Crippen LogP contribution in [0.5, 0.6) is 23.0 Å². The number of aromatic hydroxyl groups is 4. The molecule has 0 aliphatic heterocycles. The van der Waals surface area contributed by atoms with Gasteiger partial charge < -0.3 is 40.2 Å². The average Bonchev–Trinajstić information content (AvgIpc) is 3.38. The van der Waals surface area contributed by atoms with Gasteiger partial charge >= 0.3 is 16.5 Å². The zero-order valence-electron chi connectivity index (χ0n) is 49.1. The molecule has 0 aliphatic carbocycles. The Morgan fingerprint density at radius 3 is 0.974 bits per heavy atom. The number of nitrogens with zero attached hydrogens (tertiary/aromatic N) is 2. The number of carbonyl (C=O) groups is 2. The Hall–Kier alpha value is -5.15. The van der Waals surface area contributed by atoms with Crippen molar-refractivity contribution in [1.82, 2.24) is 0 Å². The first-order valence-electron chi connectivity index (χ1n) is 29.6. The maximum Gasteiger partial charge on any atom is 2.00 e. The number of phenolic OH excluding ortho intramolecular Hbond substituents is 2. The fourth-order valence-electron chi connectivity index (χ4n) is 9.78. The summed E-state index contributed by atoms with van der Waals surface area (Å²) in [5.41, 5.74) is 12.6. The molecular formula is C66H98N2NiO8. The van der Waals surface area contributed by atoms with Crippen molar-refractivity contribution < 1.29 is 56.7 Å². The van der Waals surface area contributed by atoms with Crippen molar-refractivity contribution >= 4 is 34.7 Å². The fraction of sp³-hybridized carbons (Fsp3) is 0.576. The first kappa shape index (κ1) is 69.9. The summed E-state index contributed by atoms with van der Waals surface area (Å²) in [5.74, 6) is -4.86. The molecule has 0 bridgehead atoms. The number of hydrogen-bond donors (Lipinski definition) is 4. The molecule has 4 aromatic rings. The Morgan fingerprint density at radius 1 is 0.390 bits per heavy atom. The van der Waals surface area contributed by atoms with Gasteiger partial charge in [-0.3, -0.25) is 9.98 Å². The van der Waals surface area contributed by atoms with E-state index in [0.717, 1.165) is 98.8 Å². The molecule has 0 atom stereocenters. The molecule has 0 fully saturated rings. The molecule has 0 unspecified atom stereocenters. The van der Waals surface area contributed by atoms with Crippen LogP contribution in [0.2, 0.25) is 0 Å². The molecule has 0 radical (unpaired) electrons. The van der Waals surface area contributed by atoms with Gasteiger partial charge in [0.1, 0.15) is 0 Å². The van der Waals surface area contributed by atoms with E-state index in [1.807, 2.05) is 27.7 Å². The van der Waals surface area contributed by atoms with E-state index in [1.165, 1.54) is 124 Å². The van der Waals surface area contributed by atoms with Gasteiger partial charge in [0.2, 0.25) is 0 Å². The number of carboxylic acids is 2. The quantitative estimate of drug-likeness (QED) is 0.0157. The first-order chi connectivity index (χ1) is 36.6. The van der Waals surface area contributed by atoms with E-state index >= 15 is 0 Å².